The minimum absolute atomic E-state index is 0.151. The highest BCUT2D eigenvalue weighted by atomic mass is 35.5. The standard InChI is InChI=1S/C16H15ClFN3/c17-12-3-1-2-10(15(12)18)6-14-20-13-8-19-7-11(13)16(21-14)9-4-5-9/h1-3,9,19H,4-8H2. The number of nitrogens with one attached hydrogen (secondary N) is 1. The first kappa shape index (κ1) is 13.2. The number of aromatic nitrogens is 2. The summed E-state index contributed by atoms with van der Waals surface area (Å²) in [4.78, 5) is 9.32. The van der Waals surface area contributed by atoms with Crippen molar-refractivity contribution in [2.75, 3.05) is 0 Å². The molecule has 0 unspecified atom stereocenters. The van der Waals surface area contributed by atoms with Crippen LogP contribution in [-0.2, 0) is 19.5 Å². The predicted molar refractivity (Wildman–Crippen MR) is 78.8 cm³/mol. The van der Waals surface area contributed by atoms with Crippen molar-refractivity contribution in [3.05, 3.63) is 57.4 Å². The molecular weight excluding hydrogens is 289 g/mol. The van der Waals surface area contributed by atoms with Gasteiger partial charge in [-0.25, -0.2) is 14.4 Å². The minimum atomic E-state index is -0.366. The lowest BCUT2D eigenvalue weighted by Crippen LogP contribution is -2.07. The van der Waals surface area contributed by atoms with Crippen molar-refractivity contribution in [2.45, 2.75) is 38.3 Å². The summed E-state index contributed by atoms with van der Waals surface area (Å²) in [5.41, 5.74) is 4.05. The van der Waals surface area contributed by atoms with E-state index in [1.165, 1.54) is 24.1 Å². The molecule has 1 fully saturated rings. The Kier molecular flexibility index (Phi) is 3.16. The van der Waals surface area contributed by atoms with Gasteiger partial charge in [0.15, 0.2) is 0 Å². The summed E-state index contributed by atoms with van der Waals surface area (Å²) in [6.45, 7) is 1.63. The summed E-state index contributed by atoms with van der Waals surface area (Å²) >= 11 is 5.84. The van der Waals surface area contributed by atoms with Crippen LogP contribution in [0, 0.1) is 5.82 Å². The van der Waals surface area contributed by atoms with Crippen molar-refractivity contribution < 1.29 is 4.39 Å². The van der Waals surface area contributed by atoms with E-state index in [1.807, 2.05) is 0 Å². The van der Waals surface area contributed by atoms with Crippen LogP contribution in [0.1, 0.15) is 47.1 Å². The maximum Gasteiger partial charge on any atom is 0.145 e. The molecule has 5 heteroatoms. The normalized spacial score (nSPS) is 17.0. The summed E-state index contributed by atoms with van der Waals surface area (Å²) in [5, 5.41) is 3.48. The zero-order valence-electron chi connectivity index (χ0n) is 11.5. The number of halogens is 2. The first-order chi connectivity index (χ1) is 10.2. The lowest BCUT2D eigenvalue weighted by atomic mass is 10.1. The monoisotopic (exact) mass is 303 g/mol. The summed E-state index contributed by atoms with van der Waals surface area (Å²) in [7, 11) is 0. The second kappa shape index (κ2) is 5.04. The van der Waals surface area contributed by atoms with Gasteiger partial charge in [0.05, 0.1) is 16.4 Å². The molecule has 0 atom stereocenters. The minimum Gasteiger partial charge on any atom is -0.307 e. The van der Waals surface area contributed by atoms with Gasteiger partial charge in [-0.15, -0.1) is 0 Å². The van der Waals surface area contributed by atoms with Gasteiger partial charge in [0.25, 0.3) is 0 Å². The molecule has 1 aromatic carbocycles. The van der Waals surface area contributed by atoms with E-state index in [0.717, 1.165) is 18.8 Å². The maximum absolute atomic E-state index is 14.0. The number of rotatable bonds is 3. The zero-order valence-corrected chi connectivity index (χ0v) is 12.3. The summed E-state index contributed by atoms with van der Waals surface area (Å²) in [6.07, 6.45) is 2.79. The highest BCUT2D eigenvalue weighted by Crippen LogP contribution is 2.42. The second-order valence-electron chi connectivity index (χ2n) is 5.72. The number of hydrogen-bond donors (Lipinski definition) is 1. The van der Waals surface area contributed by atoms with Gasteiger partial charge >= 0.3 is 0 Å². The van der Waals surface area contributed by atoms with E-state index in [9.17, 15) is 4.39 Å². The van der Waals surface area contributed by atoms with Crippen LogP contribution >= 0.6 is 11.6 Å². The molecule has 1 aliphatic heterocycles. The Bertz CT molecular complexity index is 713. The van der Waals surface area contributed by atoms with E-state index >= 15 is 0 Å². The van der Waals surface area contributed by atoms with Gasteiger partial charge < -0.3 is 5.32 Å². The Morgan fingerprint density at radius 2 is 2.10 bits per heavy atom. The topological polar surface area (TPSA) is 37.8 Å². The average Bonchev–Trinajstić information content (AvgIpc) is 3.21. The molecule has 1 N–H and O–H groups in total. The number of hydrogen-bond acceptors (Lipinski definition) is 3. The van der Waals surface area contributed by atoms with E-state index < -0.39 is 0 Å². The quantitative estimate of drug-likeness (QED) is 0.945. The summed E-state index contributed by atoms with van der Waals surface area (Å²) < 4.78 is 14.0. The zero-order chi connectivity index (χ0) is 14.4. The Labute approximate surface area is 127 Å². The van der Waals surface area contributed by atoms with Crippen molar-refractivity contribution in [1.29, 1.82) is 0 Å². The van der Waals surface area contributed by atoms with Gasteiger partial charge in [0, 0.05) is 31.0 Å². The molecule has 21 heavy (non-hydrogen) atoms. The number of fused-ring (bicyclic) bond motifs is 1. The molecular formula is C16H15ClFN3. The van der Waals surface area contributed by atoms with Crippen LogP contribution in [0.2, 0.25) is 5.02 Å². The molecule has 0 radical (unpaired) electrons. The smallest absolute Gasteiger partial charge is 0.145 e. The molecule has 0 spiro atoms. The Balaban J connectivity index is 1.72. The molecule has 2 aromatic rings. The summed E-state index contributed by atoms with van der Waals surface area (Å²) in [5.74, 6) is 0.902. The van der Waals surface area contributed by atoms with Crippen LogP contribution in [0.25, 0.3) is 0 Å². The van der Waals surface area contributed by atoms with Crippen LogP contribution in [0.4, 0.5) is 4.39 Å². The lowest BCUT2D eigenvalue weighted by Gasteiger charge is -2.09. The third kappa shape index (κ3) is 2.43. The molecule has 0 saturated heterocycles. The van der Waals surface area contributed by atoms with Crippen LogP contribution in [-0.4, -0.2) is 9.97 Å². The van der Waals surface area contributed by atoms with E-state index in [4.69, 9.17) is 16.6 Å². The van der Waals surface area contributed by atoms with Crippen LogP contribution in [0.5, 0.6) is 0 Å². The predicted octanol–water partition coefficient (Wildman–Crippen LogP) is 3.34. The fraction of sp³-hybridized carbons (Fsp3) is 0.375. The largest absolute Gasteiger partial charge is 0.307 e. The SMILES string of the molecule is Fc1c(Cl)cccc1Cc1nc2c(c(C3CC3)n1)CNC2. The highest BCUT2D eigenvalue weighted by molar-refractivity contribution is 6.30. The third-order valence-corrected chi connectivity index (χ3v) is 4.40. The van der Waals surface area contributed by atoms with Crippen molar-refractivity contribution in [3.8, 4) is 0 Å². The molecule has 0 bridgehead atoms. The van der Waals surface area contributed by atoms with Gasteiger partial charge in [-0.1, -0.05) is 23.7 Å². The molecule has 0 amide bonds. The van der Waals surface area contributed by atoms with Crippen LogP contribution in [0.3, 0.4) is 0 Å². The Morgan fingerprint density at radius 1 is 1.24 bits per heavy atom. The van der Waals surface area contributed by atoms with Crippen molar-refractivity contribution in [1.82, 2.24) is 15.3 Å². The van der Waals surface area contributed by atoms with E-state index in [2.05, 4.69) is 10.3 Å². The molecule has 3 nitrogen and oxygen atoms in total. The Hall–Kier alpha value is -1.52. The fourth-order valence-corrected chi connectivity index (χ4v) is 3.07. The number of nitrogens with zero attached hydrogens (tertiary/aromatic N) is 2. The van der Waals surface area contributed by atoms with Crippen LogP contribution < -0.4 is 5.32 Å². The molecule has 2 aliphatic rings. The van der Waals surface area contributed by atoms with Crippen LogP contribution in [0.15, 0.2) is 18.2 Å². The third-order valence-electron chi connectivity index (χ3n) is 4.11. The molecule has 1 aromatic heterocycles. The van der Waals surface area contributed by atoms with Crippen molar-refractivity contribution in [2.24, 2.45) is 0 Å². The first-order valence-corrected chi connectivity index (χ1v) is 7.62. The van der Waals surface area contributed by atoms with Gasteiger partial charge in [0.2, 0.25) is 0 Å². The summed E-state index contributed by atoms with van der Waals surface area (Å²) in [6, 6.07) is 5.06. The van der Waals surface area contributed by atoms with Gasteiger partial charge in [-0.05, 0) is 24.5 Å². The fourth-order valence-electron chi connectivity index (χ4n) is 2.88. The van der Waals surface area contributed by atoms with E-state index in [1.54, 1.807) is 18.2 Å². The van der Waals surface area contributed by atoms with Gasteiger partial charge in [-0.3, -0.25) is 0 Å². The molecule has 1 saturated carbocycles. The molecule has 1 aliphatic carbocycles. The lowest BCUT2D eigenvalue weighted by molar-refractivity contribution is 0.612. The van der Waals surface area contributed by atoms with Crippen molar-refractivity contribution >= 4 is 11.6 Å². The maximum atomic E-state index is 14.0. The molecule has 4 rings (SSSR count). The molecule has 2 heterocycles. The molecule has 108 valence electrons. The number of benzene rings is 1. The highest BCUT2D eigenvalue weighted by Gasteiger charge is 2.31. The van der Waals surface area contributed by atoms with Gasteiger partial charge in [0.1, 0.15) is 11.6 Å². The van der Waals surface area contributed by atoms with E-state index in [-0.39, 0.29) is 10.8 Å². The average molecular weight is 304 g/mol. The van der Waals surface area contributed by atoms with E-state index in [0.29, 0.717) is 23.7 Å². The first-order valence-electron chi connectivity index (χ1n) is 7.24. The van der Waals surface area contributed by atoms with Gasteiger partial charge in [-0.2, -0.15) is 0 Å². The second-order valence-corrected chi connectivity index (χ2v) is 6.13. The van der Waals surface area contributed by atoms with Crippen molar-refractivity contribution in [3.63, 3.8) is 0 Å². The Morgan fingerprint density at radius 3 is 2.90 bits per heavy atom.